The van der Waals surface area contributed by atoms with Gasteiger partial charge in [-0.05, 0) is 21.0 Å². The van der Waals surface area contributed by atoms with Crippen LogP contribution in [0.2, 0.25) is 0 Å². The lowest BCUT2D eigenvalue weighted by molar-refractivity contribution is -0.384. The average molecular weight is 253 g/mol. The zero-order valence-corrected chi connectivity index (χ0v) is 11.2. The Kier molecular flexibility index (Phi) is 4.43. The molecule has 0 saturated heterocycles. The summed E-state index contributed by atoms with van der Waals surface area (Å²) >= 11 is 0. The zero-order valence-electron chi connectivity index (χ0n) is 11.2. The number of pyridine rings is 1. The molecule has 1 aromatic heterocycles. The molecule has 0 saturated carbocycles. The maximum absolute atomic E-state index is 11.0. The molecular weight excluding hydrogens is 234 g/mol. The number of hydrogen-bond donors (Lipinski definition) is 1. The van der Waals surface area contributed by atoms with Crippen LogP contribution in [0.4, 0.5) is 17.2 Å². The first kappa shape index (κ1) is 14.2. The van der Waals surface area contributed by atoms with E-state index in [0.717, 1.165) is 6.54 Å². The van der Waals surface area contributed by atoms with Crippen LogP contribution in [-0.4, -0.2) is 49.0 Å². The third-order valence-electron chi connectivity index (χ3n) is 2.65. The Hall–Kier alpha value is -1.89. The quantitative estimate of drug-likeness (QED) is 0.619. The first-order chi connectivity index (χ1) is 8.32. The fourth-order valence-corrected chi connectivity index (χ4v) is 1.47. The number of nitrogen functional groups attached to an aromatic ring is 1. The summed E-state index contributed by atoms with van der Waals surface area (Å²) in [6, 6.07) is 1.36. The maximum Gasteiger partial charge on any atom is 0.313 e. The standard InChI is InChI=1S/C11H19N5O2/c1-8-9(12)7-10(16(17)18)11(13-8)15(4)6-5-14(2)3/h7H,5-6,12H2,1-4H3. The van der Waals surface area contributed by atoms with Crippen molar-refractivity contribution in [2.45, 2.75) is 6.92 Å². The molecule has 7 nitrogen and oxygen atoms in total. The maximum atomic E-state index is 11.0. The van der Waals surface area contributed by atoms with Gasteiger partial charge in [0.05, 0.1) is 16.3 Å². The minimum atomic E-state index is -0.454. The highest BCUT2D eigenvalue weighted by Gasteiger charge is 2.20. The van der Waals surface area contributed by atoms with Crippen LogP contribution in [0.25, 0.3) is 0 Å². The van der Waals surface area contributed by atoms with Gasteiger partial charge >= 0.3 is 5.69 Å². The van der Waals surface area contributed by atoms with E-state index in [1.165, 1.54) is 6.07 Å². The monoisotopic (exact) mass is 253 g/mol. The van der Waals surface area contributed by atoms with Crippen LogP contribution in [0.5, 0.6) is 0 Å². The van der Waals surface area contributed by atoms with E-state index >= 15 is 0 Å². The molecule has 0 fully saturated rings. The number of nitrogens with two attached hydrogens (primary N) is 1. The summed E-state index contributed by atoms with van der Waals surface area (Å²) in [7, 11) is 5.68. The van der Waals surface area contributed by atoms with Crippen molar-refractivity contribution >= 4 is 17.2 Å². The number of likely N-dealkylation sites (N-methyl/N-ethyl adjacent to an activating group) is 2. The van der Waals surface area contributed by atoms with E-state index < -0.39 is 4.92 Å². The largest absolute Gasteiger partial charge is 0.397 e. The Morgan fingerprint density at radius 1 is 1.39 bits per heavy atom. The fourth-order valence-electron chi connectivity index (χ4n) is 1.47. The zero-order chi connectivity index (χ0) is 13.9. The van der Waals surface area contributed by atoms with Gasteiger partial charge in [0.1, 0.15) is 0 Å². The third-order valence-corrected chi connectivity index (χ3v) is 2.65. The molecule has 100 valence electrons. The van der Waals surface area contributed by atoms with E-state index in [0.29, 0.717) is 23.7 Å². The van der Waals surface area contributed by atoms with E-state index in [2.05, 4.69) is 4.98 Å². The normalized spacial score (nSPS) is 10.7. The summed E-state index contributed by atoms with van der Waals surface area (Å²) in [5, 5.41) is 11.0. The van der Waals surface area contributed by atoms with Crippen molar-refractivity contribution in [3.8, 4) is 0 Å². The van der Waals surface area contributed by atoms with E-state index in [-0.39, 0.29) is 5.69 Å². The molecule has 0 unspecified atom stereocenters. The van der Waals surface area contributed by atoms with Gasteiger partial charge in [-0.3, -0.25) is 10.1 Å². The van der Waals surface area contributed by atoms with Crippen LogP contribution in [0.1, 0.15) is 5.69 Å². The third kappa shape index (κ3) is 3.30. The van der Waals surface area contributed by atoms with Gasteiger partial charge in [0.15, 0.2) is 0 Å². The van der Waals surface area contributed by atoms with Gasteiger partial charge in [-0.25, -0.2) is 4.98 Å². The number of nitro groups is 1. The summed E-state index contributed by atoms with van der Waals surface area (Å²) in [4.78, 5) is 18.5. The molecule has 0 amide bonds. The first-order valence-corrected chi connectivity index (χ1v) is 5.60. The molecule has 0 radical (unpaired) electrons. The van der Waals surface area contributed by atoms with E-state index in [9.17, 15) is 10.1 Å². The van der Waals surface area contributed by atoms with Crippen molar-refractivity contribution in [1.82, 2.24) is 9.88 Å². The average Bonchev–Trinajstić information content (AvgIpc) is 2.28. The van der Waals surface area contributed by atoms with Crippen molar-refractivity contribution in [1.29, 1.82) is 0 Å². The van der Waals surface area contributed by atoms with Gasteiger partial charge in [0, 0.05) is 26.2 Å². The Labute approximate surface area is 106 Å². The van der Waals surface area contributed by atoms with Crippen molar-refractivity contribution in [2.75, 3.05) is 44.9 Å². The molecule has 0 aliphatic heterocycles. The van der Waals surface area contributed by atoms with Gasteiger partial charge in [0.25, 0.3) is 0 Å². The first-order valence-electron chi connectivity index (χ1n) is 5.60. The summed E-state index contributed by atoms with van der Waals surface area (Å²) in [6.45, 7) is 3.19. The molecule has 1 heterocycles. The van der Waals surface area contributed by atoms with Crippen LogP contribution in [0.3, 0.4) is 0 Å². The molecule has 1 rings (SSSR count). The molecule has 1 aromatic rings. The number of aromatic nitrogens is 1. The second-order valence-electron chi connectivity index (χ2n) is 4.49. The van der Waals surface area contributed by atoms with Gasteiger partial charge in [-0.15, -0.1) is 0 Å². The summed E-state index contributed by atoms with van der Waals surface area (Å²) < 4.78 is 0. The van der Waals surface area contributed by atoms with E-state index in [4.69, 9.17) is 5.73 Å². The molecule has 0 aliphatic rings. The Balaban J connectivity index is 3.05. The Morgan fingerprint density at radius 2 is 2.00 bits per heavy atom. The van der Waals surface area contributed by atoms with Crippen LogP contribution >= 0.6 is 0 Å². The lowest BCUT2D eigenvalue weighted by Crippen LogP contribution is -2.29. The molecule has 7 heteroatoms. The summed E-state index contributed by atoms with van der Waals surface area (Å²) in [6.07, 6.45) is 0. The molecule has 2 N–H and O–H groups in total. The van der Waals surface area contributed by atoms with E-state index in [1.54, 1.807) is 18.9 Å². The highest BCUT2D eigenvalue weighted by molar-refractivity contribution is 5.64. The molecule has 0 aliphatic carbocycles. The number of aryl methyl sites for hydroxylation is 1. The van der Waals surface area contributed by atoms with Crippen LogP contribution in [-0.2, 0) is 0 Å². The van der Waals surface area contributed by atoms with Gasteiger partial charge in [-0.1, -0.05) is 0 Å². The van der Waals surface area contributed by atoms with Gasteiger partial charge in [0.2, 0.25) is 5.82 Å². The molecule has 0 aromatic carbocycles. The highest BCUT2D eigenvalue weighted by atomic mass is 16.6. The second kappa shape index (κ2) is 5.63. The Bertz CT molecular complexity index is 447. The summed E-state index contributed by atoms with van der Waals surface area (Å²) in [5.41, 5.74) is 6.54. The van der Waals surface area contributed by atoms with Crippen molar-refractivity contribution in [2.24, 2.45) is 0 Å². The summed E-state index contributed by atoms with van der Waals surface area (Å²) in [5.74, 6) is 0.355. The number of nitrogens with zero attached hydrogens (tertiary/aromatic N) is 4. The number of anilines is 2. The highest BCUT2D eigenvalue weighted by Crippen LogP contribution is 2.28. The lowest BCUT2D eigenvalue weighted by Gasteiger charge is -2.20. The van der Waals surface area contributed by atoms with Crippen molar-refractivity contribution < 1.29 is 4.92 Å². The van der Waals surface area contributed by atoms with E-state index in [1.807, 2.05) is 19.0 Å². The molecule has 0 spiro atoms. The fraction of sp³-hybridized carbons (Fsp3) is 0.545. The number of rotatable bonds is 5. The molecular formula is C11H19N5O2. The smallest absolute Gasteiger partial charge is 0.313 e. The number of hydrogen-bond acceptors (Lipinski definition) is 6. The minimum Gasteiger partial charge on any atom is -0.397 e. The Morgan fingerprint density at radius 3 is 2.50 bits per heavy atom. The second-order valence-corrected chi connectivity index (χ2v) is 4.49. The molecule has 0 atom stereocenters. The predicted molar refractivity (Wildman–Crippen MR) is 71.9 cm³/mol. The topological polar surface area (TPSA) is 88.5 Å². The SMILES string of the molecule is Cc1nc(N(C)CCN(C)C)c([N+](=O)[O-])cc1N. The van der Waals surface area contributed by atoms with Gasteiger partial charge < -0.3 is 15.5 Å². The lowest BCUT2D eigenvalue weighted by atomic mass is 10.2. The van der Waals surface area contributed by atoms with Crippen molar-refractivity contribution in [3.63, 3.8) is 0 Å². The molecule has 0 bridgehead atoms. The minimum absolute atomic E-state index is 0.0562. The molecule has 18 heavy (non-hydrogen) atoms. The van der Waals surface area contributed by atoms with Gasteiger partial charge in [-0.2, -0.15) is 0 Å². The van der Waals surface area contributed by atoms with Crippen molar-refractivity contribution in [3.05, 3.63) is 21.9 Å². The van der Waals surface area contributed by atoms with Crippen LogP contribution < -0.4 is 10.6 Å². The van der Waals surface area contributed by atoms with Crippen LogP contribution in [0, 0.1) is 17.0 Å². The predicted octanol–water partition coefficient (Wildman–Crippen LogP) is 0.878. The van der Waals surface area contributed by atoms with Crippen LogP contribution in [0.15, 0.2) is 6.07 Å².